The lowest BCUT2D eigenvalue weighted by Gasteiger charge is -2.11. The number of nitrogens with one attached hydrogen (secondary N) is 2. The van der Waals surface area contributed by atoms with E-state index in [1.165, 1.54) is 5.56 Å². The number of aliphatic imine (C=N–C) groups is 1. The van der Waals surface area contributed by atoms with E-state index >= 15 is 0 Å². The third kappa shape index (κ3) is 4.81. The molecular formula is C19H23BrN4. The van der Waals surface area contributed by atoms with E-state index in [-0.39, 0.29) is 0 Å². The summed E-state index contributed by atoms with van der Waals surface area (Å²) in [6, 6.07) is 15.1. The number of guanidine groups is 1. The molecule has 3 rings (SSSR count). The Hall–Kier alpha value is -1.88. The number of rotatable bonds is 6. The molecule has 1 aromatic carbocycles. The highest BCUT2D eigenvalue weighted by molar-refractivity contribution is 9.10. The molecule has 0 radical (unpaired) electrons. The molecule has 1 fully saturated rings. The molecule has 24 heavy (non-hydrogen) atoms. The molecule has 2 unspecified atom stereocenters. The predicted octanol–water partition coefficient (Wildman–Crippen LogP) is 3.50. The number of benzene rings is 1. The number of pyridine rings is 1. The van der Waals surface area contributed by atoms with Crippen molar-refractivity contribution < 1.29 is 0 Å². The van der Waals surface area contributed by atoms with Gasteiger partial charge >= 0.3 is 0 Å². The summed E-state index contributed by atoms with van der Waals surface area (Å²) in [4.78, 5) is 9.02. The summed E-state index contributed by atoms with van der Waals surface area (Å²) in [6.07, 6.45) is 3.85. The average Bonchev–Trinajstić information content (AvgIpc) is 3.36. The fourth-order valence-electron chi connectivity index (χ4n) is 2.76. The van der Waals surface area contributed by atoms with Crippen molar-refractivity contribution in [3.63, 3.8) is 0 Å². The second-order valence-corrected chi connectivity index (χ2v) is 6.89. The highest BCUT2D eigenvalue weighted by atomic mass is 79.9. The summed E-state index contributed by atoms with van der Waals surface area (Å²) in [5, 5.41) is 6.88. The molecule has 4 nitrogen and oxygen atoms in total. The first-order valence-electron chi connectivity index (χ1n) is 8.46. The molecule has 126 valence electrons. The van der Waals surface area contributed by atoms with Crippen LogP contribution in [0.5, 0.6) is 0 Å². The summed E-state index contributed by atoms with van der Waals surface area (Å²) in [6.45, 7) is 3.70. The minimum Gasteiger partial charge on any atom is -0.357 e. The quantitative estimate of drug-likeness (QED) is 0.589. The smallest absolute Gasteiger partial charge is 0.191 e. The van der Waals surface area contributed by atoms with Crippen LogP contribution >= 0.6 is 15.9 Å². The van der Waals surface area contributed by atoms with E-state index in [4.69, 9.17) is 0 Å². The van der Waals surface area contributed by atoms with E-state index in [1.807, 2.05) is 24.4 Å². The lowest BCUT2D eigenvalue weighted by Crippen LogP contribution is -2.39. The second kappa shape index (κ2) is 8.29. The van der Waals surface area contributed by atoms with Crippen LogP contribution in [0, 0.1) is 0 Å². The van der Waals surface area contributed by atoms with Gasteiger partial charge in [0.15, 0.2) is 5.96 Å². The predicted molar refractivity (Wildman–Crippen MR) is 102 cm³/mol. The molecule has 1 saturated carbocycles. The highest BCUT2D eigenvalue weighted by Crippen LogP contribution is 2.40. The zero-order chi connectivity index (χ0) is 16.8. The molecule has 2 atom stereocenters. The van der Waals surface area contributed by atoms with Crippen LogP contribution in [0.3, 0.4) is 0 Å². The van der Waals surface area contributed by atoms with Crippen LogP contribution in [0.1, 0.15) is 30.5 Å². The first-order valence-corrected chi connectivity index (χ1v) is 9.26. The minimum absolute atomic E-state index is 0.471. The Kier molecular flexibility index (Phi) is 5.86. The largest absolute Gasteiger partial charge is 0.357 e. The van der Waals surface area contributed by atoms with Crippen LogP contribution < -0.4 is 10.6 Å². The molecule has 1 aliphatic rings. The minimum atomic E-state index is 0.471. The van der Waals surface area contributed by atoms with Gasteiger partial charge in [-0.3, -0.25) is 9.98 Å². The van der Waals surface area contributed by atoms with Gasteiger partial charge in [-0.2, -0.15) is 0 Å². The van der Waals surface area contributed by atoms with Crippen molar-refractivity contribution in [1.82, 2.24) is 15.6 Å². The summed E-state index contributed by atoms with van der Waals surface area (Å²) in [5.74, 6) is 1.48. The first kappa shape index (κ1) is 17.0. The van der Waals surface area contributed by atoms with Crippen LogP contribution in [0.2, 0.25) is 0 Å². The number of hydrogen-bond donors (Lipinski definition) is 2. The van der Waals surface area contributed by atoms with E-state index in [0.29, 0.717) is 12.0 Å². The number of nitrogens with zero attached hydrogens (tertiary/aromatic N) is 2. The molecular weight excluding hydrogens is 364 g/mol. The van der Waals surface area contributed by atoms with Crippen LogP contribution in [-0.4, -0.2) is 30.1 Å². The molecule has 1 heterocycles. The third-order valence-corrected chi connectivity index (χ3v) is 4.65. The van der Waals surface area contributed by atoms with Gasteiger partial charge in [-0.25, -0.2) is 0 Å². The Morgan fingerprint density at radius 1 is 1.25 bits per heavy atom. The van der Waals surface area contributed by atoms with E-state index < -0.39 is 0 Å². The third-order valence-electron chi connectivity index (χ3n) is 4.12. The molecule has 2 aromatic rings. The Balaban J connectivity index is 1.52. The van der Waals surface area contributed by atoms with Crippen molar-refractivity contribution in [1.29, 1.82) is 0 Å². The maximum absolute atomic E-state index is 4.68. The van der Waals surface area contributed by atoms with E-state index in [2.05, 4.69) is 67.7 Å². The first-order chi connectivity index (χ1) is 11.8. The van der Waals surface area contributed by atoms with Crippen molar-refractivity contribution in [3.8, 4) is 0 Å². The maximum Gasteiger partial charge on any atom is 0.191 e. The molecule has 1 aromatic heterocycles. The number of halogens is 1. The van der Waals surface area contributed by atoms with Gasteiger partial charge in [0.25, 0.3) is 0 Å². The second-order valence-electron chi connectivity index (χ2n) is 5.98. The van der Waals surface area contributed by atoms with E-state index in [9.17, 15) is 0 Å². The van der Waals surface area contributed by atoms with Gasteiger partial charge in [-0.05, 0) is 43.2 Å². The van der Waals surface area contributed by atoms with Gasteiger partial charge < -0.3 is 10.6 Å². The van der Waals surface area contributed by atoms with Crippen LogP contribution in [-0.2, 0) is 6.42 Å². The van der Waals surface area contributed by atoms with Crippen molar-refractivity contribution in [3.05, 3.63) is 64.4 Å². The molecule has 0 amide bonds. The molecule has 0 spiro atoms. The van der Waals surface area contributed by atoms with Gasteiger partial charge in [0.05, 0.1) is 0 Å². The Bertz CT molecular complexity index is 670. The number of aromatic nitrogens is 1. The fraction of sp³-hybridized carbons (Fsp3) is 0.368. The lowest BCUT2D eigenvalue weighted by atomic mass is 10.1. The Morgan fingerprint density at radius 3 is 2.79 bits per heavy atom. The lowest BCUT2D eigenvalue weighted by molar-refractivity contribution is 0.789. The normalized spacial score (nSPS) is 19.8. The standard InChI is InChI=1S/C19H23BrN4/c1-2-21-19(23-12-10-16-5-3-4-11-22-16)24-18-13-17(18)14-6-8-15(20)9-7-14/h3-9,11,17-18H,2,10,12-13H2,1H3,(H2,21,23,24). The van der Waals surface area contributed by atoms with Crippen LogP contribution in [0.15, 0.2) is 58.1 Å². The zero-order valence-corrected chi connectivity index (χ0v) is 15.5. The Morgan fingerprint density at radius 2 is 2.08 bits per heavy atom. The summed E-state index contributed by atoms with van der Waals surface area (Å²) in [7, 11) is 0. The molecule has 1 aliphatic carbocycles. The average molecular weight is 387 g/mol. The number of hydrogen-bond acceptors (Lipinski definition) is 2. The van der Waals surface area contributed by atoms with Crippen molar-refractivity contribution >= 4 is 21.9 Å². The molecule has 2 N–H and O–H groups in total. The van der Waals surface area contributed by atoms with E-state index in [1.54, 1.807) is 0 Å². The molecule has 5 heteroatoms. The SMILES string of the molecule is CCNC(=NCCc1ccccn1)NC1CC1c1ccc(Br)cc1. The van der Waals surface area contributed by atoms with Gasteiger partial charge in [-0.1, -0.05) is 34.1 Å². The van der Waals surface area contributed by atoms with Crippen molar-refractivity contribution in [2.45, 2.75) is 31.7 Å². The van der Waals surface area contributed by atoms with Crippen molar-refractivity contribution in [2.75, 3.05) is 13.1 Å². The van der Waals surface area contributed by atoms with E-state index in [0.717, 1.165) is 42.1 Å². The summed E-state index contributed by atoms with van der Waals surface area (Å²) < 4.78 is 1.13. The van der Waals surface area contributed by atoms with Gasteiger partial charge in [0.1, 0.15) is 0 Å². The molecule has 0 aliphatic heterocycles. The van der Waals surface area contributed by atoms with Gasteiger partial charge in [0.2, 0.25) is 0 Å². The molecule has 0 bridgehead atoms. The zero-order valence-electron chi connectivity index (χ0n) is 13.9. The summed E-state index contributed by atoms with van der Waals surface area (Å²) >= 11 is 3.49. The van der Waals surface area contributed by atoms with Crippen LogP contribution in [0.25, 0.3) is 0 Å². The molecule has 0 saturated heterocycles. The highest BCUT2D eigenvalue weighted by Gasteiger charge is 2.38. The maximum atomic E-state index is 4.68. The summed E-state index contributed by atoms with van der Waals surface area (Å²) in [5.41, 5.74) is 2.47. The van der Waals surface area contributed by atoms with Gasteiger partial charge in [0, 0.05) is 47.8 Å². The van der Waals surface area contributed by atoms with Crippen molar-refractivity contribution in [2.24, 2.45) is 4.99 Å². The topological polar surface area (TPSA) is 49.3 Å². The Labute approximate surface area is 151 Å². The van der Waals surface area contributed by atoms with Gasteiger partial charge in [-0.15, -0.1) is 0 Å². The fourth-order valence-corrected chi connectivity index (χ4v) is 3.02. The van der Waals surface area contributed by atoms with Crippen LogP contribution in [0.4, 0.5) is 0 Å². The monoisotopic (exact) mass is 386 g/mol.